The molecule has 0 heterocycles. The molecular formula is C26H26O2. The summed E-state index contributed by atoms with van der Waals surface area (Å²) in [6.07, 6.45) is 3.94. The van der Waals surface area contributed by atoms with E-state index in [0.717, 1.165) is 27.8 Å². The van der Waals surface area contributed by atoms with Crippen LogP contribution in [0, 0.1) is 13.8 Å². The fourth-order valence-electron chi connectivity index (χ4n) is 3.32. The maximum absolute atomic E-state index is 12.8. The average Bonchev–Trinajstić information content (AvgIpc) is 2.72. The number of rotatable bonds is 6. The number of aryl methyl sites for hydroxylation is 1. The number of carbonyl (C=O) groups is 1. The third-order valence-corrected chi connectivity index (χ3v) is 4.97. The van der Waals surface area contributed by atoms with Gasteiger partial charge in [0.1, 0.15) is 5.92 Å². The van der Waals surface area contributed by atoms with Crippen LogP contribution in [-0.2, 0) is 9.53 Å². The third-order valence-electron chi connectivity index (χ3n) is 4.97. The zero-order valence-electron chi connectivity index (χ0n) is 16.7. The van der Waals surface area contributed by atoms with Gasteiger partial charge in [-0.05, 0) is 60.2 Å². The van der Waals surface area contributed by atoms with Gasteiger partial charge in [-0.25, -0.2) is 0 Å². The van der Waals surface area contributed by atoms with Gasteiger partial charge in [0, 0.05) is 0 Å². The van der Waals surface area contributed by atoms with Crippen molar-refractivity contribution >= 4 is 12.0 Å². The molecule has 0 spiro atoms. The van der Waals surface area contributed by atoms with Crippen molar-refractivity contribution in [3.8, 4) is 11.1 Å². The van der Waals surface area contributed by atoms with Crippen LogP contribution in [0.4, 0.5) is 0 Å². The lowest BCUT2D eigenvalue weighted by Crippen LogP contribution is -2.15. The summed E-state index contributed by atoms with van der Waals surface area (Å²) in [6, 6.07) is 24.6. The van der Waals surface area contributed by atoms with Crippen LogP contribution in [0.15, 0.2) is 78.9 Å². The Morgan fingerprint density at radius 2 is 1.57 bits per heavy atom. The van der Waals surface area contributed by atoms with Crippen LogP contribution >= 0.6 is 0 Å². The van der Waals surface area contributed by atoms with Crippen molar-refractivity contribution in [1.82, 2.24) is 0 Å². The molecule has 1 unspecified atom stereocenters. The number of esters is 1. The highest BCUT2D eigenvalue weighted by atomic mass is 16.5. The molecule has 0 aromatic heterocycles. The summed E-state index contributed by atoms with van der Waals surface area (Å²) in [5.74, 6) is -0.662. The Hall–Kier alpha value is -3.13. The zero-order valence-corrected chi connectivity index (χ0v) is 16.7. The number of ether oxygens (including phenoxy) is 1. The highest BCUT2D eigenvalue weighted by Gasteiger charge is 2.22. The quantitative estimate of drug-likeness (QED) is 0.474. The normalized spacial score (nSPS) is 12.1. The molecule has 142 valence electrons. The summed E-state index contributed by atoms with van der Waals surface area (Å²) < 4.78 is 5.40. The van der Waals surface area contributed by atoms with Gasteiger partial charge in [0.2, 0.25) is 0 Å². The van der Waals surface area contributed by atoms with Gasteiger partial charge < -0.3 is 4.74 Å². The molecule has 0 aliphatic rings. The monoisotopic (exact) mass is 370 g/mol. The maximum atomic E-state index is 12.8. The van der Waals surface area contributed by atoms with Crippen LogP contribution in [0.1, 0.15) is 35.1 Å². The van der Waals surface area contributed by atoms with Crippen molar-refractivity contribution in [3.63, 3.8) is 0 Å². The lowest BCUT2D eigenvalue weighted by molar-refractivity contribution is -0.143. The minimum Gasteiger partial charge on any atom is -0.465 e. The first kappa shape index (κ1) is 19.6. The summed E-state index contributed by atoms with van der Waals surface area (Å²) in [7, 11) is 0. The predicted octanol–water partition coefficient (Wildman–Crippen LogP) is 6.33. The topological polar surface area (TPSA) is 26.3 Å². The molecule has 28 heavy (non-hydrogen) atoms. The summed E-state index contributed by atoms with van der Waals surface area (Å²) in [5.41, 5.74) is 6.59. The van der Waals surface area contributed by atoms with E-state index < -0.39 is 5.92 Å². The summed E-state index contributed by atoms with van der Waals surface area (Å²) >= 11 is 0. The minimum absolute atomic E-state index is 0.220. The Kier molecular flexibility index (Phi) is 6.44. The molecule has 3 rings (SSSR count). The molecule has 0 radical (unpaired) electrons. The largest absolute Gasteiger partial charge is 0.465 e. The molecule has 0 bridgehead atoms. The standard InChI is InChI=1S/C26H26O2/c1-4-28-26(27)24(16-15-21-11-7-5-8-12-21)25-18-23(17-19(2)20(25)3)22-13-9-6-10-14-22/h5-18,24H,4H2,1-3H3/b16-15+. The van der Waals surface area contributed by atoms with Gasteiger partial charge in [-0.1, -0.05) is 78.9 Å². The zero-order chi connectivity index (χ0) is 19.9. The Balaban J connectivity index is 2.07. The van der Waals surface area contributed by atoms with Crippen molar-refractivity contribution < 1.29 is 9.53 Å². The van der Waals surface area contributed by atoms with Crippen LogP contribution in [0.5, 0.6) is 0 Å². The second kappa shape index (κ2) is 9.18. The molecule has 0 amide bonds. The molecule has 0 saturated carbocycles. The predicted molar refractivity (Wildman–Crippen MR) is 116 cm³/mol. The van der Waals surface area contributed by atoms with Gasteiger partial charge >= 0.3 is 5.97 Å². The van der Waals surface area contributed by atoms with Gasteiger partial charge in [0.25, 0.3) is 0 Å². The molecule has 0 N–H and O–H groups in total. The number of hydrogen-bond donors (Lipinski definition) is 0. The highest BCUT2D eigenvalue weighted by molar-refractivity contribution is 5.83. The average molecular weight is 370 g/mol. The fraction of sp³-hybridized carbons (Fsp3) is 0.192. The smallest absolute Gasteiger partial charge is 0.317 e. The SMILES string of the molecule is CCOC(=O)C(/C=C/c1ccccc1)c1cc(-c2ccccc2)cc(C)c1C. The van der Waals surface area contributed by atoms with Crippen LogP contribution < -0.4 is 0 Å². The molecule has 1 atom stereocenters. The van der Waals surface area contributed by atoms with Crippen molar-refractivity contribution in [2.24, 2.45) is 0 Å². The second-order valence-electron chi connectivity index (χ2n) is 6.87. The lowest BCUT2D eigenvalue weighted by Gasteiger charge is -2.18. The first-order valence-corrected chi connectivity index (χ1v) is 9.66. The van der Waals surface area contributed by atoms with Crippen LogP contribution in [0.25, 0.3) is 17.2 Å². The first-order valence-electron chi connectivity index (χ1n) is 9.66. The number of benzene rings is 3. The van der Waals surface area contributed by atoms with E-state index in [2.05, 4.69) is 38.1 Å². The minimum atomic E-state index is -0.442. The number of carbonyl (C=O) groups excluding carboxylic acids is 1. The van der Waals surface area contributed by atoms with Crippen molar-refractivity contribution in [3.05, 3.63) is 101 Å². The maximum Gasteiger partial charge on any atom is 0.317 e. The van der Waals surface area contributed by atoms with Crippen molar-refractivity contribution in [2.75, 3.05) is 6.61 Å². The van der Waals surface area contributed by atoms with E-state index in [4.69, 9.17) is 4.74 Å². The highest BCUT2D eigenvalue weighted by Crippen LogP contribution is 2.31. The molecule has 3 aromatic rings. The van der Waals surface area contributed by atoms with E-state index in [1.54, 1.807) is 0 Å². The van der Waals surface area contributed by atoms with Crippen molar-refractivity contribution in [1.29, 1.82) is 0 Å². The van der Waals surface area contributed by atoms with E-state index in [-0.39, 0.29) is 5.97 Å². The first-order chi connectivity index (χ1) is 13.6. The molecule has 2 nitrogen and oxygen atoms in total. The van der Waals surface area contributed by atoms with E-state index in [1.165, 1.54) is 5.56 Å². The molecule has 2 heteroatoms. The number of hydrogen-bond acceptors (Lipinski definition) is 2. The summed E-state index contributed by atoms with van der Waals surface area (Å²) in [6.45, 7) is 6.37. The van der Waals surface area contributed by atoms with Gasteiger partial charge in [-0.2, -0.15) is 0 Å². The Morgan fingerprint density at radius 3 is 2.21 bits per heavy atom. The van der Waals surface area contributed by atoms with E-state index in [1.807, 2.05) is 67.6 Å². The summed E-state index contributed by atoms with van der Waals surface area (Å²) in [4.78, 5) is 12.8. The molecule has 0 aliphatic carbocycles. The molecule has 0 saturated heterocycles. The van der Waals surface area contributed by atoms with Crippen LogP contribution in [-0.4, -0.2) is 12.6 Å². The fourth-order valence-corrected chi connectivity index (χ4v) is 3.32. The Bertz CT molecular complexity index is 956. The Morgan fingerprint density at radius 1 is 0.929 bits per heavy atom. The van der Waals surface area contributed by atoms with Gasteiger partial charge in [-0.3, -0.25) is 4.79 Å². The van der Waals surface area contributed by atoms with E-state index >= 15 is 0 Å². The second-order valence-corrected chi connectivity index (χ2v) is 6.87. The third kappa shape index (κ3) is 4.58. The van der Waals surface area contributed by atoms with E-state index in [9.17, 15) is 4.79 Å². The van der Waals surface area contributed by atoms with Gasteiger partial charge in [0.15, 0.2) is 0 Å². The van der Waals surface area contributed by atoms with E-state index in [0.29, 0.717) is 6.61 Å². The Labute approximate surface area is 167 Å². The molecular weight excluding hydrogens is 344 g/mol. The van der Waals surface area contributed by atoms with Crippen molar-refractivity contribution in [2.45, 2.75) is 26.7 Å². The van der Waals surface area contributed by atoms with Gasteiger partial charge in [-0.15, -0.1) is 0 Å². The lowest BCUT2D eigenvalue weighted by atomic mass is 9.88. The van der Waals surface area contributed by atoms with Gasteiger partial charge in [0.05, 0.1) is 6.61 Å². The molecule has 0 aliphatic heterocycles. The van der Waals surface area contributed by atoms with Crippen LogP contribution in [0.3, 0.4) is 0 Å². The van der Waals surface area contributed by atoms with Crippen LogP contribution in [0.2, 0.25) is 0 Å². The summed E-state index contributed by atoms with van der Waals surface area (Å²) in [5, 5.41) is 0. The molecule has 3 aromatic carbocycles. The molecule has 0 fully saturated rings.